The molecule has 0 bridgehead atoms. The van der Waals surface area contributed by atoms with Gasteiger partial charge in [0.1, 0.15) is 0 Å². The van der Waals surface area contributed by atoms with Gasteiger partial charge in [0.2, 0.25) is 5.91 Å². The zero-order valence-electron chi connectivity index (χ0n) is 10.1. The molecular weight excluding hydrogens is 190 g/mol. The van der Waals surface area contributed by atoms with Gasteiger partial charge in [0.05, 0.1) is 6.54 Å². The number of hydrogen-bond donors (Lipinski definition) is 1. The Hall–Kier alpha value is -0.610. The van der Waals surface area contributed by atoms with Gasteiger partial charge in [-0.3, -0.25) is 9.69 Å². The molecule has 1 fully saturated rings. The van der Waals surface area contributed by atoms with E-state index in [0.717, 1.165) is 32.1 Å². The molecule has 0 radical (unpaired) electrons. The molecular formula is C11H23N3O. The third kappa shape index (κ3) is 4.18. The SMILES string of the molecule is CCN(CCC1CNC1)CC(=O)N(C)C. The molecule has 4 heteroatoms. The van der Waals surface area contributed by atoms with Crippen LogP contribution in [0.2, 0.25) is 0 Å². The first kappa shape index (κ1) is 12.5. The summed E-state index contributed by atoms with van der Waals surface area (Å²) in [5.74, 6) is 1.03. The van der Waals surface area contributed by atoms with Crippen LogP contribution in [0.4, 0.5) is 0 Å². The summed E-state index contributed by atoms with van der Waals surface area (Å²) in [6.07, 6.45) is 1.21. The molecule has 0 aliphatic carbocycles. The first-order valence-corrected chi connectivity index (χ1v) is 5.76. The van der Waals surface area contributed by atoms with Crippen molar-refractivity contribution in [1.29, 1.82) is 0 Å². The maximum atomic E-state index is 11.5. The Labute approximate surface area is 92.6 Å². The quantitative estimate of drug-likeness (QED) is 0.675. The maximum absolute atomic E-state index is 11.5. The molecule has 0 aromatic carbocycles. The van der Waals surface area contributed by atoms with Gasteiger partial charge >= 0.3 is 0 Å². The first-order chi connectivity index (χ1) is 7.13. The van der Waals surface area contributed by atoms with E-state index in [-0.39, 0.29) is 5.91 Å². The van der Waals surface area contributed by atoms with Crippen LogP contribution >= 0.6 is 0 Å². The normalized spacial score (nSPS) is 16.5. The zero-order chi connectivity index (χ0) is 11.3. The average Bonchev–Trinajstić information content (AvgIpc) is 2.13. The lowest BCUT2D eigenvalue weighted by Gasteiger charge is -2.30. The molecule has 1 saturated heterocycles. The molecule has 1 aliphatic rings. The fraction of sp³-hybridized carbons (Fsp3) is 0.909. The van der Waals surface area contributed by atoms with Crippen LogP contribution < -0.4 is 5.32 Å². The second-order valence-corrected chi connectivity index (χ2v) is 4.47. The highest BCUT2D eigenvalue weighted by molar-refractivity contribution is 5.77. The third-order valence-electron chi connectivity index (χ3n) is 3.02. The first-order valence-electron chi connectivity index (χ1n) is 5.76. The van der Waals surface area contributed by atoms with Crippen LogP contribution in [0.15, 0.2) is 0 Å². The Morgan fingerprint density at radius 1 is 1.40 bits per heavy atom. The standard InChI is InChI=1S/C11H23N3O/c1-4-14(9-11(15)13(2)3)6-5-10-7-12-8-10/h10,12H,4-9H2,1-3H3. The Bertz CT molecular complexity index is 202. The molecule has 0 saturated carbocycles. The molecule has 0 spiro atoms. The topological polar surface area (TPSA) is 35.6 Å². The van der Waals surface area contributed by atoms with Gasteiger partial charge in [-0.1, -0.05) is 6.92 Å². The van der Waals surface area contributed by atoms with Gasteiger partial charge in [0, 0.05) is 14.1 Å². The van der Waals surface area contributed by atoms with Gasteiger partial charge in [-0.2, -0.15) is 0 Å². The van der Waals surface area contributed by atoms with Crippen molar-refractivity contribution in [2.75, 3.05) is 46.8 Å². The average molecular weight is 213 g/mol. The predicted molar refractivity (Wildman–Crippen MR) is 61.8 cm³/mol. The van der Waals surface area contributed by atoms with Crippen molar-refractivity contribution in [2.24, 2.45) is 5.92 Å². The Balaban J connectivity index is 2.19. The number of amides is 1. The minimum absolute atomic E-state index is 0.198. The van der Waals surface area contributed by atoms with Crippen molar-refractivity contribution in [3.8, 4) is 0 Å². The van der Waals surface area contributed by atoms with E-state index >= 15 is 0 Å². The lowest BCUT2D eigenvalue weighted by molar-refractivity contribution is -0.129. The highest BCUT2D eigenvalue weighted by Gasteiger charge is 2.18. The van der Waals surface area contributed by atoms with E-state index in [2.05, 4.69) is 17.1 Å². The molecule has 0 unspecified atom stereocenters. The van der Waals surface area contributed by atoms with Gasteiger partial charge in [-0.05, 0) is 38.5 Å². The molecule has 1 rings (SSSR count). The fourth-order valence-corrected chi connectivity index (χ4v) is 1.60. The maximum Gasteiger partial charge on any atom is 0.236 e. The van der Waals surface area contributed by atoms with Gasteiger partial charge in [-0.15, -0.1) is 0 Å². The van der Waals surface area contributed by atoms with Gasteiger partial charge in [0.25, 0.3) is 0 Å². The largest absolute Gasteiger partial charge is 0.348 e. The predicted octanol–water partition coefficient (Wildman–Crippen LogP) is 0.00600. The zero-order valence-corrected chi connectivity index (χ0v) is 10.1. The highest BCUT2D eigenvalue weighted by atomic mass is 16.2. The Kier molecular flexibility index (Phi) is 5.05. The molecule has 4 nitrogen and oxygen atoms in total. The van der Waals surface area contributed by atoms with Crippen molar-refractivity contribution >= 4 is 5.91 Å². The monoisotopic (exact) mass is 213 g/mol. The van der Waals surface area contributed by atoms with Crippen LogP contribution in [0.3, 0.4) is 0 Å². The molecule has 1 heterocycles. The van der Waals surface area contributed by atoms with Crippen LogP contribution in [-0.2, 0) is 4.79 Å². The van der Waals surface area contributed by atoms with E-state index in [1.807, 2.05) is 14.1 Å². The molecule has 15 heavy (non-hydrogen) atoms. The van der Waals surface area contributed by atoms with Crippen molar-refractivity contribution in [2.45, 2.75) is 13.3 Å². The molecule has 1 amide bonds. The summed E-state index contributed by atoms with van der Waals surface area (Å²) in [5.41, 5.74) is 0. The van der Waals surface area contributed by atoms with E-state index in [1.54, 1.807) is 4.90 Å². The summed E-state index contributed by atoms with van der Waals surface area (Å²) < 4.78 is 0. The van der Waals surface area contributed by atoms with Gasteiger partial charge in [0.15, 0.2) is 0 Å². The molecule has 1 aliphatic heterocycles. The number of carbonyl (C=O) groups is 1. The molecule has 0 aromatic heterocycles. The van der Waals surface area contributed by atoms with Crippen LogP contribution in [0.1, 0.15) is 13.3 Å². The third-order valence-corrected chi connectivity index (χ3v) is 3.02. The molecule has 0 atom stereocenters. The second kappa shape index (κ2) is 6.08. The summed E-state index contributed by atoms with van der Waals surface area (Å²) in [6, 6.07) is 0. The number of nitrogens with one attached hydrogen (secondary N) is 1. The minimum atomic E-state index is 0.198. The van der Waals surface area contributed by atoms with Crippen molar-refractivity contribution < 1.29 is 4.79 Å². The van der Waals surface area contributed by atoms with E-state index in [0.29, 0.717) is 6.54 Å². The van der Waals surface area contributed by atoms with Crippen LogP contribution in [0.5, 0.6) is 0 Å². The van der Waals surface area contributed by atoms with Crippen molar-refractivity contribution in [3.05, 3.63) is 0 Å². The molecule has 0 aromatic rings. The summed E-state index contributed by atoms with van der Waals surface area (Å²) in [6.45, 7) is 6.98. The highest BCUT2D eigenvalue weighted by Crippen LogP contribution is 2.09. The van der Waals surface area contributed by atoms with E-state index in [9.17, 15) is 4.79 Å². The number of hydrogen-bond acceptors (Lipinski definition) is 3. The number of nitrogens with zero attached hydrogens (tertiary/aromatic N) is 2. The minimum Gasteiger partial charge on any atom is -0.348 e. The number of carbonyl (C=O) groups excluding carboxylic acids is 1. The summed E-state index contributed by atoms with van der Waals surface area (Å²) in [7, 11) is 3.62. The molecule has 1 N–H and O–H groups in total. The summed E-state index contributed by atoms with van der Waals surface area (Å²) >= 11 is 0. The van der Waals surface area contributed by atoms with Gasteiger partial charge in [-0.25, -0.2) is 0 Å². The number of rotatable bonds is 6. The van der Waals surface area contributed by atoms with Gasteiger partial charge < -0.3 is 10.2 Å². The van der Waals surface area contributed by atoms with Crippen LogP contribution in [-0.4, -0.2) is 62.5 Å². The van der Waals surface area contributed by atoms with Crippen LogP contribution in [0.25, 0.3) is 0 Å². The fourth-order valence-electron chi connectivity index (χ4n) is 1.60. The van der Waals surface area contributed by atoms with E-state index < -0.39 is 0 Å². The van der Waals surface area contributed by atoms with Crippen LogP contribution in [0, 0.1) is 5.92 Å². The van der Waals surface area contributed by atoms with Crippen molar-refractivity contribution in [1.82, 2.24) is 15.1 Å². The van der Waals surface area contributed by atoms with Crippen molar-refractivity contribution in [3.63, 3.8) is 0 Å². The smallest absolute Gasteiger partial charge is 0.236 e. The lowest BCUT2D eigenvalue weighted by atomic mass is 9.99. The van der Waals surface area contributed by atoms with E-state index in [4.69, 9.17) is 0 Å². The van der Waals surface area contributed by atoms with E-state index in [1.165, 1.54) is 6.42 Å². The lowest BCUT2D eigenvalue weighted by Crippen LogP contribution is -2.44. The Morgan fingerprint density at radius 3 is 2.47 bits per heavy atom. The summed E-state index contributed by atoms with van der Waals surface area (Å²) in [5, 5.41) is 3.27. The summed E-state index contributed by atoms with van der Waals surface area (Å²) in [4.78, 5) is 15.4. The Morgan fingerprint density at radius 2 is 2.07 bits per heavy atom. The number of likely N-dealkylation sites (N-methyl/N-ethyl adjacent to an activating group) is 2. The second-order valence-electron chi connectivity index (χ2n) is 4.47. The molecule has 88 valence electrons.